The Hall–Kier alpha value is -1.63. The van der Waals surface area contributed by atoms with Crippen molar-refractivity contribution in [1.82, 2.24) is 20.0 Å². The molecule has 1 saturated carbocycles. The third kappa shape index (κ3) is 2.79. The van der Waals surface area contributed by atoms with Crippen molar-refractivity contribution in [3.05, 3.63) is 0 Å². The molecule has 3 fully saturated rings. The normalized spacial score (nSPS) is 25.0. The highest BCUT2D eigenvalue weighted by Crippen LogP contribution is 2.39. The van der Waals surface area contributed by atoms with Crippen LogP contribution < -0.4 is 5.32 Å². The van der Waals surface area contributed by atoms with E-state index in [0.29, 0.717) is 32.0 Å². The first-order chi connectivity index (χ1) is 11.5. The zero-order chi connectivity index (χ0) is 17.3. The van der Waals surface area contributed by atoms with E-state index in [2.05, 4.69) is 5.32 Å². The van der Waals surface area contributed by atoms with Gasteiger partial charge in [-0.25, -0.2) is 4.79 Å². The number of nitrogens with one attached hydrogen (secondary N) is 1. The fraction of sp³-hybridized carbons (Fsp3) is 0.824. The summed E-state index contributed by atoms with van der Waals surface area (Å²) in [6, 6.07) is 0.126. The van der Waals surface area contributed by atoms with Gasteiger partial charge in [0.2, 0.25) is 5.91 Å². The van der Waals surface area contributed by atoms with Crippen molar-refractivity contribution in [3.8, 4) is 0 Å². The van der Waals surface area contributed by atoms with E-state index in [0.717, 1.165) is 32.1 Å². The maximum atomic E-state index is 12.9. The molecule has 3 aliphatic rings. The largest absolute Gasteiger partial charge is 0.341 e. The molecule has 4 amide bonds. The summed E-state index contributed by atoms with van der Waals surface area (Å²) in [5, 5.41) is 3.23. The number of carbonyl (C=O) groups is 3. The Bertz CT molecular complexity index is 522. The van der Waals surface area contributed by atoms with Gasteiger partial charge in [0.15, 0.2) is 0 Å². The van der Waals surface area contributed by atoms with Crippen LogP contribution in [0.2, 0.25) is 0 Å². The first-order valence-electron chi connectivity index (χ1n) is 9.04. The highest BCUT2D eigenvalue weighted by atomic mass is 16.2. The van der Waals surface area contributed by atoms with E-state index < -0.39 is 5.54 Å². The molecule has 0 atom stereocenters. The molecule has 0 unspecified atom stereocenters. The number of urea groups is 1. The maximum absolute atomic E-state index is 12.9. The Morgan fingerprint density at radius 3 is 2.38 bits per heavy atom. The molecule has 134 valence electrons. The van der Waals surface area contributed by atoms with E-state index in [-0.39, 0.29) is 24.4 Å². The Labute approximate surface area is 143 Å². The minimum absolute atomic E-state index is 0.117. The van der Waals surface area contributed by atoms with Gasteiger partial charge in [-0.1, -0.05) is 19.3 Å². The van der Waals surface area contributed by atoms with E-state index in [1.165, 1.54) is 4.90 Å². The van der Waals surface area contributed by atoms with Crippen LogP contribution in [0.3, 0.4) is 0 Å². The van der Waals surface area contributed by atoms with Crippen LogP contribution in [-0.4, -0.2) is 77.9 Å². The van der Waals surface area contributed by atoms with Crippen molar-refractivity contribution >= 4 is 17.8 Å². The first kappa shape index (κ1) is 17.2. The van der Waals surface area contributed by atoms with Gasteiger partial charge in [-0.3, -0.25) is 14.5 Å². The summed E-state index contributed by atoms with van der Waals surface area (Å²) in [5.41, 5.74) is -0.700. The van der Waals surface area contributed by atoms with Gasteiger partial charge in [-0.2, -0.15) is 0 Å². The number of amides is 4. The number of nitrogens with zero attached hydrogens (tertiary/aromatic N) is 3. The van der Waals surface area contributed by atoms with Gasteiger partial charge < -0.3 is 15.1 Å². The summed E-state index contributed by atoms with van der Waals surface area (Å²) in [6.07, 6.45) is 6.28. The second kappa shape index (κ2) is 6.70. The summed E-state index contributed by atoms with van der Waals surface area (Å²) in [5.74, 6) is -0.291. The Balaban J connectivity index is 1.65. The van der Waals surface area contributed by atoms with Gasteiger partial charge in [0.1, 0.15) is 12.1 Å². The number of rotatable bonds is 3. The molecule has 1 aliphatic carbocycles. The molecule has 7 heteroatoms. The second-order valence-electron chi connectivity index (χ2n) is 7.27. The topological polar surface area (TPSA) is 73.0 Å². The number of piperidine rings is 1. The van der Waals surface area contributed by atoms with Crippen molar-refractivity contribution in [3.63, 3.8) is 0 Å². The van der Waals surface area contributed by atoms with Gasteiger partial charge >= 0.3 is 6.03 Å². The number of carbonyl (C=O) groups excluding carboxylic acids is 3. The predicted octanol–water partition coefficient (Wildman–Crippen LogP) is 0.794. The van der Waals surface area contributed by atoms with Gasteiger partial charge in [0.05, 0.1) is 0 Å². The van der Waals surface area contributed by atoms with Gasteiger partial charge in [-0.05, 0) is 32.7 Å². The van der Waals surface area contributed by atoms with Crippen molar-refractivity contribution in [2.75, 3.05) is 33.7 Å². The van der Waals surface area contributed by atoms with E-state index in [4.69, 9.17) is 0 Å². The highest BCUT2D eigenvalue weighted by molar-refractivity contribution is 6.08. The molecule has 3 rings (SSSR count). The van der Waals surface area contributed by atoms with Gasteiger partial charge in [0, 0.05) is 26.2 Å². The highest BCUT2D eigenvalue weighted by Gasteiger charge is 2.56. The van der Waals surface area contributed by atoms with Crippen molar-refractivity contribution in [1.29, 1.82) is 0 Å². The van der Waals surface area contributed by atoms with Crippen LogP contribution in [0.25, 0.3) is 0 Å². The molecule has 1 N–H and O–H groups in total. The summed E-state index contributed by atoms with van der Waals surface area (Å²) in [7, 11) is 3.64. The molecule has 24 heavy (non-hydrogen) atoms. The quantitative estimate of drug-likeness (QED) is 0.774. The Morgan fingerprint density at radius 2 is 1.79 bits per heavy atom. The average Bonchev–Trinajstić information content (AvgIpc) is 2.79. The summed E-state index contributed by atoms with van der Waals surface area (Å²) in [6.45, 7) is 1.25. The smallest absolute Gasteiger partial charge is 0.327 e. The zero-order valence-electron chi connectivity index (χ0n) is 14.7. The van der Waals surface area contributed by atoms with E-state index >= 15 is 0 Å². The zero-order valence-corrected chi connectivity index (χ0v) is 14.7. The molecule has 0 bridgehead atoms. The molecule has 0 aromatic rings. The van der Waals surface area contributed by atoms with E-state index in [1.54, 1.807) is 16.8 Å². The number of imide groups is 1. The monoisotopic (exact) mass is 336 g/mol. The maximum Gasteiger partial charge on any atom is 0.327 e. The lowest BCUT2D eigenvalue weighted by Gasteiger charge is -2.36. The van der Waals surface area contributed by atoms with Gasteiger partial charge in [-0.15, -0.1) is 0 Å². The van der Waals surface area contributed by atoms with Gasteiger partial charge in [0.25, 0.3) is 5.91 Å². The Kier molecular flexibility index (Phi) is 4.80. The van der Waals surface area contributed by atoms with Crippen molar-refractivity contribution in [2.45, 2.75) is 56.5 Å². The molecule has 2 aliphatic heterocycles. The van der Waals surface area contributed by atoms with Crippen LogP contribution in [0, 0.1) is 0 Å². The SMILES string of the molecule is CNC1CCN(C(=O)CN2C(=O)N(C)C3(CCCCC3)C2=O)CC1. The second-order valence-corrected chi connectivity index (χ2v) is 7.27. The molecule has 0 aromatic heterocycles. The van der Waals surface area contributed by atoms with Crippen LogP contribution in [0.5, 0.6) is 0 Å². The van der Waals surface area contributed by atoms with E-state index in [1.807, 2.05) is 7.05 Å². The van der Waals surface area contributed by atoms with Crippen LogP contribution in [0.15, 0.2) is 0 Å². The summed E-state index contributed by atoms with van der Waals surface area (Å²) < 4.78 is 0. The fourth-order valence-corrected chi connectivity index (χ4v) is 4.32. The average molecular weight is 336 g/mol. The lowest BCUT2D eigenvalue weighted by atomic mass is 9.81. The fourth-order valence-electron chi connectivity index (χ4n) is 4.32. The lowest BCUT2D eigenvalue weighted by Crippen LogP contribution is -2.50. The van der Waals surface area contributed by atoms with Crippen LogP contribution in [-0.2, 0) is 9.59 Å². The minimum Gasteiger partial charge on any atom is -0.341 e. The lowest BCUT2D eigenvalue weighted by molar-refractivity contribution is -0.141. The third-order valence-electron chi connectivity index (χ3n) is 6.03. The number of likely N-dealkylation sites (N-methyl/N-ethyl adjacent to an activating group) is 1. The first-order valence-corrected chi connectivity index (χ1v) is 9.04. The predicted molar refractivity (Wildman–Crippen MR) is 89.3 cm³/mol. The summed E-state index contributed by atoms with van der Waals surface area (Å²) in [4.78, 5) is 42.6. The number of hydrogen-bond donors (Lipinski definition) is 1. The van der Waals surface area contributed by atoms with Crippen molar-refractivity contribution in [2.24, 2.45) is 0 Å². The molecule has 0 radical (unpaired) electrons. The Morgan fingerprint density at radius 1 is 1.17 bits per heavy atom. The van der Waals surface area contributed by atoms with Crippen LogP contribution >= 0.6 is 0 Å². The molecular weight excluding hydrogens is 308 g/mol. The number of hydrogen-bond acceptors (Lipinski definition) is 4. The van der Waals surface area contributed by atoms with Crippen molar-refractivity contribution < 1.29 is 14.4 Å². The molecule has 2 saturated heterocycles. The molecule has 2 heterocycles. The molecule has 1 spiro atoms. The minimum atomic E-state index is -0.700. The van der Waals surface area contributed by atoms with Crippen LogP contribution in [0.1, 0.15) is 44.9 Å². The van der Waals surface area contributed by atoms with E-state index in [9.17, 15) is 14.4 Å². The number of likely N-dealkylation sites (tertiary alicyclic amines) is 1. The molecule has 7 nitrogen and oxygen atoms in total. The van der Waals surface area contributed by atoms with Crippen LogP contribution in [0.4, 0.5) is 4.79 Å². The molecule has 0 aromatic carbocycles. The molecular formula is C17H28N4O3. The third-order valence-corrected chi connectivity index (χ3v) is 6.03. The standard InChI is InChI=1S/C17H28N4O3/c1-18-13-6-10-20(11-7-13)14(22)12-21-15(23)17(19(2)16(21)24)8-4-3-5-9-17/h13,18H,3-12H2,1-2H3. The summed E-state index contributed by atoms with van der Waals surface area (Å²) >= 11 is 0.